The Hall–Kier alpha value is -1.39. The van der Waals surface area contributed by atoms with E-state index >= 15 is 0 Å². The van der Waals surface area contributed by atoms with Crippen molar-refractivity contribution in [2.24, 2.45) is 23.7 Å². The Balaban J connectivity index is 1.50. The SMILES string of the molecule is CCCNc1nc(NC2C3C4CCC(C4)C23)c(F)cc1F. The van der Waals surface area contributed by atoms with Crippen molar-refractivity contribution in [3.05, 3.63) is 17.7 Å². The van der Waals surface area contributed by atoms with Gasteiger partial charge in [-0.1, -0.05) is 6.92 Å². The van der Waals surface area contributed by atoms with Gasteiger partial charge in [0.05, 0.1) is 0 Å². The molecule has 3 nitrogen and oxygen atoms in total. The van der Waals surface area contributed by atoms with Crippen molar-refractivity contribution in [1.82, 2.24) is 4.98 Å². The number of nitrogens with zero attached hydrogens (tertiary/aromatic N) is 1. The first-order valence-electron chi connectivity index (χ1n) is 8.05. The summed E-state index contributed by atoms with van der Waals surface area (Å²) in [7, 11) is 0. The van der Waals surface area contributed by atoms with Crippen molar-refractivity contribution in [3.63, 3.8) is 0 Å². The molecule has 4 unspecified atom stereocenters. The van der Waals surface area contributed by atoms with Crippen LogP contribution in [0.3, 0.4) is 0 Å². The highest BCUT2D eigenvalue weighted by molar-refractivity contribution is 5.49. The van der Waals surface area contributed by atoms with Gasteiger partial charge in [-0.25, -0.2) is 13.8 Å². The second kappa shape index (κ2) is 4.82. The summed E-state index contributed by atoms with van der Waals surface area (Å²) in [5.74, 6) is 2.17. The fourth-order valence-corrected chi connectivity index (χ4v) is 4.61. The number of halogens is 2. The van der Waals surface area contributed by atoms with Gasteiger partial charge >= 0.3 is 0 Å². The summed E-state index contributed by atoms with van der Waals surface area (Å²) >= 11 is 0. The number of nitrogens with one attached hydrogen (secondary N) is 2. The van der Waals surface area contributed by atoms with Gasteiger partial charge < -0.3 is 10.6 Å². The van der Waals surface area contributed by atoms with Crippen LogP contribution in [0.25, 0.3) is 0 Å². The zero-order chi connectivity index (χ0) is 14.6. The number of aromatic nitrogens is 1. The number of rotatable bonds is 5. The van der Waals surface area contributed by atoms with Crippen molar-refractivity contribution in [3.8, 4) is 0 Å². The lowest BCUT2D eigenvalue weighted by Gasteiger charge is -2.13. The smallest absolute Gasteiger partial charge is 0.168 e. The summed E-state index contributed by atoms with van der Waals surface area (Å²) in [6.07, 6.45) is 4.88. The first-order valence-corrected chi connectivity index (χ1v) is 8.05. The van der Waals surface area contributed by atoms with Crippen LogP contribution in [0, 0.1) is 35.3 Å². The van der Waals surface area contributed by atoms with Gasteiger partial charge in [0.1, 0.15) is 0 Å². The standard InChI is InChI=1S/C16H21F2N3/c1-2-5-19-15-10(17)7-11(18)16(21-15)20-14-12-8-3-4-9(6-8)13(12)14/h7-9,12-14H,2-6H2,1H3,(H2,19,20,21). The first kappa shape index (κ1) is 13.3. The molecule has 3 fully saturated rings. The maximum Gasteiger partial charge on any atom is 0.168 e. The second-order valence-electron chi connectivity index (χ2n) is 6.73. The Bertz CT molecular complexity index is 547. The van der Waals surface area contributed by atoms with Gasteiger partial charge in [-0.15, -0.1) is 0 Å². The van der Waals surface area contributed by atoms with Crippen molar-refractivity contribution < 1.29 is 8.78 Å². The third-order valence-electron chi connectivity index (χ3n) is 5.51. The van der Waals surface area contributed by atoms with Crippen molar-refractivity contribution in [2.75, 3.05) is 17.2 Å². The summed E-state index contributed by atoms with van der Waals surface area (Å²) in [6, 6.07) is 1.28. The molecule has 5 heteroatoms. The largest absolute Gasteiger partial charge is 0.368 e. The van der Waals surface area contributed by atoms with E-state index in [9.17, 15) is 8.78 Å². The molecule has 1 aromatic rings. The lowest BCUT2D eigenvalue weighted by Crippen LogP contribution is -2.16. The highest BCUT2D eigenvalue weighted by atomic mass is 19.1. The Morgan fingerprint density at radius 2 is 1.81 bits per heavy atom. The molecular formula is C16H21F2N3. The van der Waals surface area contributed by atoms with Crippen LogP contribution in [0.15, 0.2) is 6.07 Å². The third kappa shape index (κ3) is 2.09. The average molecular weight is 293 g/mol. The van der Waals surface area contributed by atoms with Gasteiger partial charge in [-0.05, 0) is 49.4 Å². The van der Waals surface area contributed by atoms with E-state index in [1.807, 2.05) is 6.92 Å². The summed E-state index contributed by atoms with van der Waals surface area (Å²) in [6.45, 7) is 2.63. The van der Waals surface area contributed by atoms with E-state index in [4.69, 9.17) is 0 Å². The van der Waals surface area contributed by atoms with Gasteiger partial charge in [0, 0.05) is 18.7 Å². The second-order valence-corrected chi connectivity index (χ2v) is 6.73. The molecule has 0 saturated heterocycles. The molecule has 0 amide bonds. The molecule has 3 saturated carbocycles. The Labute approximate surface area is 123 Å². The van der Waals surface area contributed by atoms with Crippen molar-refractivity contribution in [1.29, 1.82) is 0 Å². The summed E-state index contributed by atoms with van der Waals surface area (Å²) < 4.78 is 27.6. The van der Waals surface area contributed by atoms with Crippen LogP contribution in [0.4, 0.5) is 20.4 Å². The van der Waals surface area contributed by atoms with E-state index in [0.29, 0.717) is 24.4 Å². The molecule has 0 aliphatic heterocycles. The molecule has 3 aliphatic carbocycles. The van der Waals surface area contributed by atoms with Crippen molar-refractivity contribution >= 4 is 11.6 Å². The van der Waals surface area contributed by atoms with Crippen LogP contribution in [0.5, 0.6) is 0 Å². The van der Waals surface area contributed by atoms with E-state index in [2.05, 4.69) is 15.6 Å². The first-order chi connectivity index (χ1) is 10.2. The van der Waals surface area contributed by atoms with Gasteiger partial charge in [0.25, 0.3) is 0 Å². The molecule has 0 radical (unpaired) electrons. The molecule has 4 rings (SSSR count). The average Bonchev–Trinajstić information content (AvgIpc) is 2.85. The Morgan fingerprint density at radius 3 is 2.48 bits per heavy atom. The number of hydrogen-bond donors (Lipinski definition) is 2. The maximum atomic E-state index is 13.9. The van der Waals surface area contributed by atoms with Crippen molar-refractivity contribution in [2.45, 2.75) is 38.6 Å². The monoisotopic (exact) mass is 293 g/mol. The highest BCUT2D eigenvalue weighted by Gasteiger charge is 2.65. The van der Waals surface area contributed by atoms with E-state index < -0.39 is 11.6 Å². The zero-order valence-electron chi connectivity index (χ0n) is 12.2. The molecule has 2 bridgehead atoms. The van der Waals surface area contributed by atoms with Gasteiger partial charge in [-0.2, -0.15) is 0 Å². The van der Waals surface area contributed by atoms with Crippen LogP contribution in [0.1, 0.15) is 32.6 Å². The minimum atomic E-state index is -0.623. The van der Waals surface area contributed by atoms with E-state index in [1.54, 1.807) is 0 Å². The Kier molecular flexibility index (Phi) is 3.05. The van der Waals surface area contributed by atoms with E-state index in [-0.39, 0.29) is 11.6 Å². The molecule has 1 aromatic heterocycles. The quantitative estimate of drug-likeness (QED) is 0.870. The summed E-state index contributed by atoms with van der Waals surface area (Å²) in [5.41, 5.74) is 0. The molecule has 1 heterocycles. The fourth-order valence-electron chi connectivity index (χ4n) is 4.61. The predicted octanol–water partition coefficient (Wildman–Crippen LogP) is 3.64. The van der Waals surface area contributed by atoms with Crippen LogP contribution in [-0.4, -0.2) is 17.6 Å². The summed E-state index contributed by atoms with van der Waals surface area (Å²) in [4.78, 5) is 4.12. The molecular weight excluding hydrogens is 272 g/mol. The van der Waals surface area contributed by atoms with Gasteiger partial charge in [0.2, 0.25) is 0 Å². The molecule has 0 spiro atoms. The van der Waals surface area contributed by atoms with Crippen LogP contribution >= 0.6 is 0 Å². The van der Waals surface area contributed by atoms with E-state index in [1.165, 1.54) is 19.3 Å². The zero-order valence-corrected chi connectivity index (χ0v) is 12.2. The fraction of sp³-hybridized carbons (Fsp3) is 0.688. The lowest BCUT2D eigenvalue weighted by atomic mass is 10.0. The topological polar surface area (TPSA) is 37.0 Å². The molecule has 4 atom stereocenters. The van der Waals surface area contributed by atoms with Gasteiger partial charge in [0.15, 0.2) is 23.3 Å². The van der Waals surface area contributed by atoms with Gasteiger partial charge in [-0.3, -0.25) is 0 Å². The van der Waals surface area contributed by atoms with Crippen LogP contribution in [0.2, 0.25) is 0 Å². The highest BCUT2D eigenvalue weighted by Crippen LogP contribution is 2.66. The van der Waals surface area contributed by atoms with Crippen LogP contribution in [-0.2, 0) is 0 Å². The number of pyridine rings is 1. The minimum Gasteiger partial charge on any atom is -0.368 e. The number of fused-ring (bicyclic) bond motifs is 5. The number of hydrogen-bond acceptors (Lipinski definition) is 3. The maximum absolute atomic E-state index is 13.9. The Morgan fingerprint density at radius 1 is 1.14 bits per heavy atom. The lowest BCUT2D eigenvalue weighted by molar-refractivity contribution is 0.456. The normalized spacial score (nSPS) is 35.7. The molecule has 2 N–H and O–H groups in total. The third-order valence-corrected chi connectivity index (χ3v) is 5.51. The molecule has 3 aliphatic rings. The number of anilines is 2. The van der Waals surface area contributed by atoms with E-state index in [0.717, 1.165) is 24.3 Å². The molecule has 21 heavy (non-hydrogen) atoms. The van der Waals surface area contributed by atoms with Crippen LogP contribution < -0.4 is 10.6 Å². The molecule has 0 aromatic carbocycles. The molecule has 114 valence electrons. The minimum absolute atomic E-state index is 0.148. The predicted molar refractivity (Wildman–Crippen MR) is 78.2 cm³/mol. The summed E-state index contributed by atoms with van der Waals surface area (Å²) in [5, 5.41) is 6.15.